The normalized spacial score (nSPS) is 12.6. The number of halogens is 1. The molecule has 0 amide bonds. The molecule has 0 fully saturated rings. The van der Waals surface area contributed by atoms with Crippen molar-refractivity contribution in [2.45, 2.75) is 25.8 Å². The van der Waals surface area contributed by atoms with Crippen molar-refractivity contribution in [3.8, 4) is 0 Å². The maximum Gasteiger partial charge on any atom is 0.141 e. The van der Waals surface area contributed by atoms with E-state index in [1.807, 2.05) is 6.07 Å². The molecule has 0 saturated heterocycles. The van der Waals surface area contributed by atoms with Gasteiger partial charge in [0.1, 0.15) is 12.2 Å². The predicted molar refractivity (Wildman–Crippen MR) is 75.3 cm³/mol. The van der Waals surface area contributed by atoms with Crippen molar-refractivity contribution < 1.29 is 0 Å². The minimum Gasteiger partial charge on any atom is -0.307 e. The molecule has 4 nitrogen and oxygen atoms in total. The first-order valence-corrected chi connectivity index (χ1v) is 6.92. The summed E-state index contributed by atoms with van der Waals surface area (Å²) in [6, 6.07) is 8.44. The fraction of sp³-hybridized carbons (Fsp3) is 0.385. The number of aromatic nitrogens is 3. The van der Waals surface area contributed by atoms with Crippen LogP contribution in [0.1, 0.15) is 30.8 Å². The van der Waals surface area contributed by atoms with Crippen LogP contribution in [0.25, 0.3) is 0 Å². The lowest BCUT2D eigenvalue weighted by Gasteiger charge is -2.16. The Kier molecular flexibility index (Phi) is 4.90. The zero-order valence-electron chi connectivity index (χ0n) is 10.4. The average molecular weight is 309 g/mol. The molecule has 0 aliphatic rings. The molecule has 0 spiro atoms. The van der Waals surface area contributed by atoms with Gasteiger partial charge in [-0.15, -0.1) is 0 Å². The SMILES string of the molecule is CCCNC(Cc1ccccc1Br)c1ncn[nH]1. The Hall–Kier alpha value is -1.20. The van der Waals surface area contributed by atoms with Gasteiger partial charge in [-0.2, -0.15) is 5.10 Å². The third-order valence-electron chi connectivity index (χ3n) is 2.79. The van der Waals surface area contributed by atoms with E-state index >= 15 is 0 Å². The van der Waals surface area contributed by atoms with Gasteiger partial charge in [0.05, 0.1) is 6.04 Å². The van der Waals surface area contributed by atoms with Crippen LogP contribution in [0.15, 0.2) is 35.1 Å². The fourth-order valence-corrected chi connectivity index (χ4v) is 2.30. The number of hydrogen-bond donors (Lipinski definition) is 2. The highest BCUT2D eigenvalue weighted by Gasteiger charge is 2.15. The monoisotopic (exact) mass is 308 g/mol. The summed E-state index contributed by atoms with van der Waals surface area (Å²) in [5.74, 6) is 0.888. The van der Waals surface area contributed by atoms with E-state index in [2.05, 4.69) is 61.6 Å². The van der Waals surface area contributed by atoms with E-state index in [9.17, 15) is 0 Å². The van der Waals surface area contributed by atoms with Crippen molar-refractivity contribution in [1.82, 2.24) is 20.5 Å². The van der Waals surface area contributed by atoms with Crippen LogP contribution < -0.4 is 5.32 Å². The Balaban J connectivity index is 2.13. The van der Waals surface area contributed by atoms with E-state index in [0.717, 1.165) is 29.7 Å². The average Bonchev–Trinajstić information content (AvgIpc) is 2.90. The van der Waals surface area contributed by atoms with Crippen molar-refractivity contribution >= 4 is 15.9 Å². The van der Waals surface area contributed by atoms with E-state index < -0.39 is 0 Å². The maximum atomic E-state index is 4.25. The molecule has 1 unspecified atom stereocenters. The van der Waals surface area contributed by atoms with Crippen LogP contribution in [-0.4, -0.2) is 21.7 Å². The number of aromatic amines is 1. The molecule has 0 bridgehead atoms. The first-order chi connectivity index (χ1) is 8.81. The summed E-state index contributed by atoms with van der Waals surface area (Å²) in [5, 5.41) is 10.4. The van der Waals surface area contributed by atoms with E-state index in [-0.39, 0.29) is 6.04 Å². The predicted octanol–water partition coefficient (Wildman–Crippen LogP) is 2.85. The van der Waals surface area contributed by atoms with E-state index in [1.54, 1.807) is 6.33 Å². The molecule has 2 rings (SSSR count). The Morgan fingerprint density at radius 3 is 2.89 bits per heavy atom. The molecule has 1 aromatic heterocycles. The second-order valence-electron chi connectivity index (χ2n) is 4.17. The van der Waals surface area contributed by atoms with Gasteiger partial charge in [0.25, 0.3) is 0 Å². The summed E-state index contributed by atoms with van der Waals surface area (Å²) < 4.78 is 1.13. The Bertz CT molecular complexity index is 470. The van der Waals surface area contributed by atoms with Crippen LogP contribution in [-0.2, 0) is 6.42 Å². The van der Waals surface area contributed by atoms with Crippen molar-refractivity contribution in [1.29, 1.82) is 0 Å². The first-order valence-electron chi connectivity index (χ1n) is 6.13. The number of hydrogen-bond acceptors (Lipinski definition) is 3. The lowest BCUT2D eigenvalue weighted by Crippen LogP contribution is -2.25. The molecular weight excluding hydrogens is 292 g/mol. The molecule has 96 valence electrons. The standard InChI is InChI=1S/C13H17BrN4/c1-2-7-15-12(13-16-9-17-18-13)8-10-5-3-4-6-11(10)14/h3-6,9,12,15H,2,7-8H2,1H3,(H,16,17,18). The molecule has 2 N–H and O–H groups in total. The number of benzene rings is 1. The molecule has 0 aliphatic carbocycles. The molecule has 1 heterocycles. The second kappa shape index (κ2) is 6.66. The highest BCUT2D eigenvalue weighted by molar-refractivity contribution is 9.10. The maximum absolute atomic E-state index is 4.25. The van der Waals surface area contributed by atoms with Gasteiger partial charge in [-0.25, -0.2) is 4.98 Å². The molecule has 0 aliphatic heterocycles. The highest BCUT2D eigenvalue weighted by Crippen LogP contribution is 2.21. The molecule has 18 heavy (non-hydrogen) atoms. The molecule has 0 radical (unpaired) electrons. The van der Waals surface area contributed by atoms with Crippen LogP contribution >= 0.6 is 15.9 Å². The van der Waals surface area contributed by atoms with E-state index in [0.29, 0.717) is 0 Å². The van der Waals surface area contributed by atoms with Crippen molar-refractivity contribution in [2.24, 2.45) is 0 Å². The van der Waals surface area contributed by atoms with Gasteiger partial charge in [-0.1, -0.05) is 41.1 Å². The first kappa shape index (κ1) is 13.2. The molecule has 5 heteroatoms. The largest absolute Gasteiger partial charge is 0.307 e. The zero-order chi connectivity index (χ0) is 12.8. The van der Waals surface area contributed by atoms with Crippen LogP contribution in [0.5, 0.6) is 0 Å². The summed E-state index contributed by atoms with van der Waals surface area (Å²) >= 11 is 3.58. The van der Waals surface area contributed by atoms with Gasteiger partial charge >= 0.3 is 0 Å². The van der Waals surface area contributed by atoms with E-state index in [1.165, 1.54) is 5.56 Å². The van der Waals surface area contributed by atoms with Crippen molar-refractivity contribution in [3.05, 3.63) is 46.5 Å². The third-order valence-corrected chi connectivity index (χ3v) is 3.56. The fourth-order valence-electron chi connectivity index (χ4n) is 1.85. The second-order valence-corrected chi connectivity index (χ2v) is 5.03. The Morgan fingerprint density at radius 1 is 1.39 bits per heavy atom. The van der Waals surface area contributed by atoms with Crippen LogP contribution in [0.4, 0.5) is 0 Å². The molecular formula is C13H17BrN4. The highest BCUT2D eigenvalue weighted by atomic mass is 79.9. The third kappa shape index (κ3) is 3.40. The minimum absolute atomic E-state index is 0.172. The molecule has 0 saturated carbocycles. The van der Waals surface area contributed by atoms with Crippen molar-refractivity contribution in [3.63, 3.8) is 0 Å². The lowest BCUT2D eigenvalue weighted by molar-refractivity contribution is 0.505. The lowest BCUT2D eigenvalue weighted by atomic mass is 10.1. The van der Waals surface area contributed by atoms with E-state index in [4.69, 9.17) is 0 Å². The molecule has 1 atom stereocenters. The van der Waals surface area contributed by atoms with Crippen molar-refractivity contribution in [2.75, 3.05) is 6.54 Å². The zero-order valence-corrected chi connectivity index (χ0v) is 11.9. The summed E-state index contributed by atoms with van der Waals surface area (Å²) in [6.45, 7) is 3.12. The Morgan fingerprint density at radius 2 is 2.22 bits per heavy atom. The van der Waals surface area contributed by atoms with Gasteiger partial charge in [-0.05, 0) is 31.0 Å². The topological polar surface area (TPSA) is 53.6 Å². The van der Waals surface area contributed by atoms with Crippen LogP contribution in [0.3, 0.4) is 0 Å². The van der Waals surface area contributed by atoms with Gasteiger partial charge < -0.3 is 5.32 Å². The minimum atomic E-state index is 0.172. The summed E-state index contributed by atoms with van der Waals surface area (Å²) in [7, 11) is 0. The quantitative estimate of drug-likeness (QED) is 0.863. The van der Waals surface area contributed by atoms with Gasteiger partial charge in [0.15, 0.2) is 0 Å². The van der Waals surface area contributed by atoms with Gasteiger partial charge in [0.2, 0.25) is 0 Å². The van der Waals surface area contributed by atoms with Crippen LogP contribution in [0, 0.1) is 0 Å². The number of H-pyrrole nitrogens is 1. The molecule has 2 aromatic rings. The van der Waals surface area contributed by atoms with Crippen LogP contribution in [0.2, 0.25) is 0 Å². The number of nitrogens with one attached hydrogen (secondary N) is 2. The molecule has 1 aromatic carbocycles. The summed E-state index contributed by atoms with van der Waals surface area (Å²) in [5.41, 5.74) is 1.27. The Labute approximate surface area is 115 Å². The summed E-state index contributed by atoms with van der Waals surface area (Å²) in [6.07, 6.45) is 3.53. The van der Waals surface area contributed by atoms with Gasteiger partial charge in [-0.3, -0.25) is 5.10 Å². The smallest absolute Gasteiger partial charge is 0.141 e. The number of rotatable bonds is 6. The summed E-state index contributed by atoms with van der Waals surface area (Å²) in [4.78, 5) is 4.25. The number of nitrogens with zero attached hydrogens (tertiary/aromatic N) is 2. The van der Waals surface area contributed by atoms with Gasteiger partial charge in [0, 0.05) is 4.47 Å².